The van der Waals surface area contributed by atoms with E-state index >= 15 is 0 Å². The Balaban J connectivity index is 1.44. The summed E-state index contributed by atoms with van der Waals surface area (Å²) in [7, 11) is 0. The highest BCUT2D eigenvalue weighted by Crippen LogP contribution is 2.28. The summed E-state index contributed by atoms with van der Waals surface area (Å²) in [6.07, 6.45) is 1.91. The van der Waals surface area contributed by atoms with Crippen molar-refractivity contribution in [2.75, 3.05) is 6.61 Å². The Kier molecular flexibility index (Phi) is 8.25. The molecule has 0 bridgehead atoms. The van der Waals surface area contributed by atoms with Gasteiger partial charge in [0.05, 0.1) is 13.2 Å². The zero-order valence-electron chi connectivity index (χ0n) is 22.6. The van der Waals surface area contributed by atoms with Gasteiger partial charge in [0.1, 0.15) is 5.75 Å². The maximum atomic E-state index is 13.4. The maximum Gasteiger partial charge on any atom is 0.252 e. The van der Waals surface area contributed by atoms with Gasteiger partial charge in [0.15, 0.2) is 0 Å². The summed E-state index contributed by atoms with van der Waals surface area (Å²) in [6, 6.07) is 27.1. The number of rotatable bonds is 11. The first kappa shape index (κ1) is 26.7. The summed E-state index contributed by atoms with van der Waals surface area (Å²) in [4.78, 5) is 31.0. The van der Waals surface area contributed by atoms with Crippen molar-refractivity contribution in [2.24, 2.45) is 0 Å². The van der Waals surface area contributed by atoms with E-state index in [-0.39, 0.29) is 23.6 Å². The number of nitrogens with zero attached hydrogens (tertiary/aromatic N) is 4. The summed E-state index contributed by atoms with van der Waals surface area (Å²) < 4.78 is 5.78. The van der Waals surface area contributed by atoms with Crippen LogP contribution in [0, 0.1) is 6.92 Å². The maximum absolute atomic E-state index is 13.4. The number of tetrazole rings is 1. The lowest BCUT2D eigenvalue weighted by atomic mass is 9.95. The van der Waals surface area contributed by atoms with Crippen LogP contribution in [0.15, 0.2) is 89.7 Å². The molecule has 1 N–H and O–H groups in total. The van der Waals surface area contributed by atoms with Crippen molar-refractivity contribution < 1.29 is 9.53 Å². The van der Waals surface area contributed by atoms with E-state index in [1.54, 1.807) is 0 Å². The van der Waals surface area contributed by atoms with Crippen molar-refractivity contribution in [2.45, 2.75) is 39.7 Å². The predicted octanol–water partition coefficient (Wildman–Crippen LogP) is 5.66. The number of H-pyrrole nitrogens is 1. The van der Waals surface area contributed by atoms with Gasteiger partial charge in [-0.2, -0.15) is 4.80 Å². The van der Waals surface area contributed by atoms with Gasteiger partial charge in [-0.05, 0) is 71.1 Å². The molecule has 0 amide bonds. The minimum atomic E-state index is -0.375. The van der Waals surface area contributed by atoms with Crippen molar-refractivity contribution >= 4 is 5.78 Å². The van der Waals surface area contributed by atoms with Crippen LogP contribution in [0.25, 0.3) is 22.4 Å². The van der Waals surface area contributed by atoms with Gasteiger partial charge in [-0.15, -0.1) is 10.2 Å². The number of carbonyl (C=O) groups excluding carboxylic acids is 1. The van der Waals surface area contributed by atoms with Crippen molar-refractivity contribution in [1.82, 2.24) is 25.2 Å². The van der Waals surface area contributed by atoms with E-state index < -0.39 is 0 Å². The first-order chi connectivity index (χ1) is 19.5. The lowest BCUT2D eigenvalue weighted by molar-refractivity contribution is 0.0982. The molecule has 8 heteroatoms. The average molecular weight is 534 g/mol. The molecular weight excluding hydrogens is 502 g/mol. The number of nitrogens with one attached hydrogen (secondary N) is 1. The van der Waals surface area contributed by atoms with Crippen LogP contribution in [0.5, 0.6) is 5.75 Å². The third-order valence-electron chi connectivity index (χ3n) is 6.64. The molecule has 0 fully saturated rings. The number of hydrogen-bond donors (Lipinski definition) is 1. The Hall–Kier alpha value is -4.85. The van der Waals surface area contributed by atoms with Gasteiger partial charge in [-0.3, -0.25) is 9.59 Å². The number of aromatic amines is 1. The zero-order valence-corrected chi connectivity index (χ0v) is 22.6. The molecule has 0 radical (unpaired) electrons. The number of ether oxygens (including phenoxy) is 1. The van der Waals surface area contributed by atoms with E-state index in [0.29, 0.717) is 30.0 Å². The molecule has 0 saturated heterocycles. The SMILES string of the molecule is CCCCOc1ccc(-c2cc(-c3ccc(C)cc3)c(CC(=O)c3nnn(Cc4ccccc4)n3)c(=O)[nH]2)cc1. The van der Waals surface area contributed by atoms with E-state index in [0.717, 1.165) is 40.8 Å². The van der Waals surface area contributed by atoms with Crippen LogP contribution < -0.4 is 10.3 Å². The lowest BCUT2D eigenvalue weighted by Crippen LogP contribution is -2.19. The molecule has 5 rings (SSSR count). The Labute approximate surface area is 232 Å². The van der Waals surface area contributed by atoms with E-state index in [1.165, 1.54) is 4.80 Å². The third-order valence-corrected chi connectivity index (χ3v) is 6.64. The molecule has 3 aromatic carbocycles. The van der Waals surface area contributed by atoms with Crippen molar-refractivity contribution in [3.8, 4) is 28.1 Å². The summed E-state index contributed by atoms with van der Waals surface area (Å²) in [5.74, 6) is 0.390. The minimum absolute atomic E-state index is 0.0204. The molecule has 40 heavy (non-hydrogen) atoms. The summed E-state index contributed by atoms with van der Waals surface area (Å²) in [5, 5.41) is 12.3. The van der Waals surface area contributed by atoms with E-state index in [2.05, 4.69) is 27.3 Å². The monoisotopic (exact) mass is 533 g/mol. The van der Waals surface area contributed by atoms with Crippen LogP contribution in [0.4, 0.5) is 0 Å². The first-order valence-corrected chi connectivity index (χ1v) is 13.4. The standard InChI is InChI=1S/C32H31N5O3/c1-3-4-18-40-26-16-14-25(15-17-26)29-19-27(24-12-10-22(2)11-13-24)28(32(39)33-29)20-30(38)31-34-36-37(35-31)21-23-8-6-5-7-9-23/h5-17,19H,3-4,18,20-21H2,1-2H3,(H,33,39). The summed E-state index contributed by atoms with van der Waals surface area (Å²) >= 11 is 0. The molecule has 0 unspecified atom stereocenters. The van der Waals surface area contributed by atoms with Crippen LogP contribution in [-0.2, 0) is 13.0 Å². The third kappa shape index (κ3) is 6.40. The van der Waals surface area contributed by atoms with Crippen LogP contribution in [0.2, 0.25) is 0 Å². The molecule has 0 atom stereocenters. The van der Waals surface area contributed by atoms with E-state index in [1.807, 2.05) is 91.9 Å². The second-order valence-electron chi connectivity index (χ2n) is 9.73. The number of Topliss-reactive ketones (excluding diaryl/α,β-unsaturated/α-hetero) is 1. The second-order valence-corrected chi connectivity index (χ2v) is 9.73. The minimum Gasteiger partial charge on any atom is -0.494 e. The predicted molar refractivity (Wildman–Crippen MR) is 154 cm³/mol. The number of unbranched alkanes of at least 4 members (excludes halogenated alkanes) is 1. The van der Waals surface area contributed by atoms with Crippen molar-refractivity contribution in [3.05, 3.63) is 118 Å². The number of aryl methyl sites for hydroxylation is 1. The van der Waals surface area contributed by atoms with E-state index in [4.69, 9.17) is 4.74 Å². The van der Waals surface area contributed by atoms with Crippen LogP contribution in [-0.4, -0.2) is 37.6 Å². The number of ketones is 1. The van der Waals surface area contributed by atoms with E-state index in [9.17, 15) is 9.59 Å². The second kappa shape index (κ2) is 12.3. The number of pyridine rings is 1. The fourth-order valence-corrected chi connectivity index (χ4v) is 4.38. The Morgan fingerprint density at radius 2 is 1.68 bits per heavy atom. The largest absolute Gasteiger partial charge is 0.494 e. The van der Waals surface area contributed by atoms with Crippen molar-refractivity contribution in [1.29, 1.82) is 0 Å². The highest BCUT2D eigenvalue weighted by molar-refractivity contribution is 5.95. The van der Waals surface area contributed by atoms with Gasteiger partial charge < -0.3 is 9.72 Å². The van der Waals surface area contributed by atoms with Gasteiger partial charge in [0, 0.05) is 17.7 Å². The smallest absolute Gasteiger partial charge is 0.252 e. The number of carbonyl (C=O) groups is 1. The van der Waals surface area contributed by atoms with Gasteiger partial charge in [-0.25, -0.2) is 0 Å². The summed E-state index contributed by atoms with van der Waals surface area (Å²) in [6.45, 7) is 5.19. The fourth-order valence-electron chi connectivity index (χ4n) is 4.38. The zero-order chi connectivity index (χ0) is 27.9. The van der Waals surface area contributed by atoms with Gasteiger partial charge in [0.2, 0.25) is 11.6 Å². The average Bonchev–Trinajstić information content (AvgIpc) is 3.44. The topological polar surface area (TPSA) is 103 Å². The first-order valence-electron chi connectivity index (χ1n) is 13.4. The molecule has 0 saturated carbocycles. The Morgan fingerprint density at radius 3 is 2.40 bits per heavy atom. The normalized spacial score (nSPS) is 10.9. The molecular formula is C32H31N5O3. The number of hydrogen-bond acceptors (Lipinski definition) is 6. The number of benzene rings is 3. The Morgan fingerprint density at radius 1 is 0.950 bits per heavy atom. The molecule has 5 aromatic rings. The van der Waals surface area contributed by atoms with Crippen LogP contribution >= 0.6 is 0 Å². The molecule has 0 aliphatic carbocycles. The Bertz CT molecular complexity index is 1640. The molecule has 202 valence electrons. The molecule has 0 aliphatic heterocycles. The highest BCUT2D eigenvalue weighted by atomic mass is 16.5. The lowest BCUT2D eigenvalue weighted by Gasteiger charge is -2.12. The molecule has 0 spiro atoms. The van der Waals surface area contributed by atoms with Crippen LogP contribution in [0.1, 0.15) is 47.1 Å². The fraction of sp³-hybridized carbons (Fsp3) is 0.219. The molecule has 8 nitrogen and oxygen atoms in total. The highest BCUT2D eigenvalue weighted by Gasteiger charge is 2.20. The molecule has 2 aromatic heterocycles. The summed E-state index contributed by atoms with van der Waals surface area (Å²) in [5.41, 5.74) is 5.16. The van der Waals surface area contributed by atoms with Gasteiger partial charge >= 0.3 is 0 Å². The molecule has 2 heterocycles. The number of aromatic nitrogens is 5. The van der Waals surface area contributed by atoms with Gasteiger partial charge in [0.25, 0.3) is 5.56 Å². The molecule has 0 aliphatic rings. The van der Waals surface area contributed by atoms with Crippen molar-refractivity contribution in [3.63, 3.8) is 0 Å². The van der Waals surface area contributed by atoms with Crippen LogP contribution in [0.3, 0.4) is 0 Å². The quantitative estimate of drug-likeness (QED) is 0.174. The van der Waals surface area contributed by atoms with Gasteiger partial charge in [-0.1, -0.05) is 73.5 Å².